The first kappa shape index (κ1) is 12.9. The molecule has 7 heteroatoms. The Morgan fingerprint density at radius 3 is 2.67 bits per heavy atom. The Balaban J connectivity index is 2.39. The monoisotopic (exact) mass is 283 g/mol. The van der Waals surface area contributed by atoms with Gasteiger partial charge in [-0.3, -0.25) is 5.43 Å². The van der Waals surface area contributed by atoms with E-state index in [-0.39, 0.29) is 5.95 Å². The van der Waals surface area contributed by atoms with E-state index in [1.807, 2.05) is 19.1 Å². The largest absolute Gasteiger partial charge is 0.337 e. The van der Waals surface area contributed by atoms with Crippen molar-refractivity contribution in [3.05, 3.63) is 40.0 Å². The normalized spacial score (nSPS) is 10.2. The molecule has 0 aliphatic carbocycles. The lowest BCUT2D eigenvalue weighted by atomic mass is 10.2. The fraction of sp³-hybridized carbons (Fsp3) is 0.0909. The van der Waals surface area contributed by atoms with Crippen molar-refractivity contribution >= 4 is 40.7 Å². The summed E-state index contributed by atoms with van der Waals surface area (Å²) in [7, 11) is 0. The smallest absolute Gasteiger partial charge is 0.239 e. The van der Waals surface area contributed by atoms with Crippen LogP contribution in [0.15, 0.2) is 24.4 Å². The molecule has 0 saturated carbocycles. The summed E-state index contributed by atoms with van der Waals surface area (Å²) in [6, 6.07) is 5.59. The molecule has 94 valence electrons. The van der Waals surface area contributed by atoms with E-state index in [1.54, 1.807) is 6.07 Å². The van der Waals surface area contributed by atoms with Gasteiger partial charge in [-0.15, -0.1) is 0 Å². The number of aromatic nitrogens is 2. The van der Waals surface area contributed by atoms with E-state index in [0.717, 1.165) is 11.3 Å². The van der Waals surface area contributed by atoms with Crippen molar-refractivity contribution in [2.45, 2.75) is 6.92 Å². The summed E-state index contributed by atoms with van der Waals surface area (Å²) in [5.74, 6) is 5.96. The molecular formula is C11H11Cl2N5. The van der Waals surface area contributed by atoms with Gasteiger partial charge < -0.3 is 5.32 Å². The number of benzene rings is 1. The highest BCUT2D eigenvalue weighted by atomic mass is 35.5. The lowest BCUT2D eigenvalue weighted by Gasteiger charge is -2.12. The standard InChI is InChI=1S/C11H11Cl2N5/c1-6-3-2-4-7(12)9(6)16-10-8(13)5-15-11(17-10)18-14/h2-5H,14H2,1H3,(H2,15,16,17,18). The molecule has 18 heavy (non-hydrogen) atoms. The zero-order chi connectivity index (χ0) is 13.1. The lowest BCUT2D eigenvalue weighted by molar-refractivity contribution is 1.12. The fourth-order valence-electron chi connectivity index (χ4n) is 1.43. The number of nitrogens with zero attached hydrogens (tertiary/aromatic N) is 2. The van der Waals surface area contributed by atoms with Crippen molar-refractivity contribution in [2.24, 2.45) is 5.84 Å². The predicted octanol–water partition coefficient (Wildman–Crippen LogP) is 3.12. The minimum Gasteiger partial charge on any atom is -0.337 e. The summed E-state index contributed by atoms with van der Waals surface area (Å²) in [4.78, 5) is 8.01. The van der Waals surface area contributed by atoms with Crippen molar-refractivity contribution in [2.75, 3.05) is 10.7 Å². The van der Waals surface area contributed by atoms with Gasteiger partial charge >= 0.3 is 0 Å². The van der Waals surface area contributed by atoms with Gasteiger partial charge in [0.15, 0.2) is 5.82 Å². The topological polar surface area (TPSA) is 75.9 Å². The maximum absolute atomic E-state index is 6.12. The predicted molar refractivity (Wildman–Crippen MR) is 74.3 cm³/mol. The molecule has 5 nitrogen and oxygen atoms in total. The first-order chi connectivity index (χ1) is 8.61. The maximum Gasteiger partial charge on any atom is 0.239 e. The Labute approximate surface area is 114 Å². The lowest BCUT2D eigenvalue weighted by Crippen LogP contribution is -2.11. The Morgan fingerprint density at radius 2 is 2.00 bits per heavy atom. The number of nitrogens with two attached hydrogens (primary N) is 1. The molecule has 4 N–H and O–H groups in total. The molecule has 0 fully saturated rings. The second kappa shape index (κ2) is 5.39. The van der Waals surface area contributed by atoms with E-state index in [1.165, 1.54) is 6.20 Å². The molecule has 1 aromatic heterocycles. The van der Waals surface area contributed by atoms with Gasteiger partial charge in [-0.2, -0.15) is 4.98 Å². The molecule has 0 spiro atoms. The van der Waals surface area contributed by atoms with Crippen LogP contribution >= 0.6 is 23.2 Å². The van der Waals surface area contributed by atoms with Gasteiger partial charge in [-0.1, -0.05) is 35.3 Å². The van der Waals surface area contributed by atoms with E-state index in [4.69, 9.17) is 29.0 Å². The zero-order valence-corrected chi connectivity index (χ0v) is 11.0. The number of hydrogen-bond acceptors (Lipinski definition) is 5. The van der Waals surface area contributed by atoms with Gasteiger partial charge in [0, 0.05) is 0 Å². The maximum atomic E-state index is 6.12. The summed E-state index contributed by atoms with van der Waals surface area (Å²) in [6.07, 6.45) is 1.46. The third kappa shape index (κ3) is 2.64. The van der Waals surface area contributed by atoms with E-state index in [0.29, 0.717) is 15.9 Å². The molecule has 1 heterocycles. The number of aryl methyl sites for hydroxylation is 1. The molecule has 0 atom stereocenters. The average Bonchev–Trinajstić information content (AvgIpc) is 2.36. The number of nitrogen functional groups attached to an aromatic ring is 1. The van der Waals surface area contributed by atoms with Gasteiger partial charge in [0.2, 0.25) is 5.95 Å². The van der Waals surface area contributed by atoms with Crippen molar-refractivity contribution in [1.82, 2.24) is 9.97 Å². The number of para-hydroxylation sites is 1. The van der Waals surface area contributed by atoms with Crippen LogP contribution in [0.1, 0.15) is 5.56 Å². The summed E-state index contributed by atoms with van der Waals surface area (Å²) < 4.78 is 0. The number of hydrazine groups is 1. The van der Waals surface area contributed by atoms with Crippen LogP contribution in [-0.2, 0) is 0 Å². The van der Waals surface area contributed by atoms with Crippen molar-refractivity contribution < 1.29 is 0 Å². The number of anilines is 3. The SMILES string of the molecule is Cc1cccc(Cl)c1Nc1nc(NN)ncc1Cl. The van der Waals surface area contributed by atoms with Gasteiger partial charge in [0.25, 0.3) is 0 Å². The Hall–Kier alpha value is -1.56. The average molecular weight is 284 g/mol. The molecule has 0 bridgehead atoms. The number of hydrogen-bond donors (Lipinski definition) is 3. The van der Waals surface area contributed by atoms with Gasteiger partial charge in [0.1, 0.15) is 5.02 Å². The highest BCUT2D eigenvalue weighted by molar-refractivity contribution is 6.34. The molecule has 0 unspecified atom stereocenters. The van der Waals surface area contributed by atoms with Crippen molar-refractivity contribution in [3.63, 3.8) is 0 Å². The van der Waals surface area contributed by atoms with Gasteiger partial charge in [0.05, 0.1) is 16.9 Å². The summed E-state index contributed by atoms with van der Waals surface area (Å²) in [6.45, 7) is 1.94. The van der Waals surface area contributed by atoms with Crippen LogP contribution in [-0.4, -0.2) is 9.97 Å². The first-order valence-corrected chi connectivity index (χ1v) is 5.88. The van der Waals surface area contributed by atoms with Crippen LogP contribution in [0.25, 0.3) is 0 Å². The van der Waals surface area contributed by atoms with Crippen LogP contribution in [0.5, 0.6) is 0 Å². The van der Waals surface area contributed by atoms with E-state index in [9.17, 15) is 0 Å². The van der Waals surface area contributed by atoms with Crippen LogP contribution in [0.4, 0.5) is 17.5 Å². The third-order valence-electron chi connectivity index (χ3n) is 2.34. The summed E-state index contributed by atoms with van der Waals surface area (Å²) in [5.41, 5.74) is 4.09. The quantitative estimate of drug-likeness (QED) is 0.596. The number of nitrogens with one attached hydrogen (secondary N) is 2. The fourth-order valence-corrected chi connectivity index (χ4v) is 1.84. The van der Waals surface area contributed by atoms with Crippen LogP contribution in [0.2, 0.25) is 10.0 Å². The highest BCUT2D eigenvalue weighted by Gasteiger charge is 2.09. The molecule has 0 saturated heterocycles. The third-order valence-corrected chi connectivity index (χ3v) is 2.93. The van der Waals surface area contributed by atoms with Crippen molar-refractivity contribution in [3.8, 4) is 0 Å². The zero-order valence-electron chi connectivity index (χ0n) is 9.54. The Kier molecular flexibility index (Phi) is 3.86. The minimum absolute atomic E-state index is 0.270. The molecule has 0 aliphatic heterocycles. The highest BCUT2D eigenvalue weighted by Crippen LogP contribution is 2.30. The van der Waals surface area contributed by atoms with E-state index >= 15 is 0 Å². The van der Waals surface area contributed by atoms with Gasteiger partial charge in [-0.25, -0.2) is 10.8 Å². The second-order valence-corrected chi connectivity index (χ2v) is 4.41. The summed E-state index contributed by atoms with van der Waals surface area (Å²) >= 11 is 12.1. The summed E-state index contributed by atoms with van der Waals surface area (Å²) in [5, 5.41) is 4.05. The van der Waals surface area contributed by atoms with Crippen LogP contribution in [0, 0.1) is 6.92 Å². The molecule has 2 aromatic rings. The second-order valence-electron chi connectivity index (χ2n) is 3.59. The van der Waals surface area contributed by atoms with E-state index in [2.05, 4.69) is 20.7 Å². The number of halogens is 2. The van der Waals surface area contributed by atoms with Crippen LogP contribution in [0.3, 0.4) is 0 Å². The molecule has 0 amide bonds. The Bertz CT molecular complexity index is 553. The Morgan fingerprint density at radius 1 is 1.22 bits per heavy atom. The molecular weight excluding hydrogens is 273 g/mol. The first-order valence-electron chi connectivity index (χ1n) is 5.13. The molecule has 1 aromatic carbocycles. The molecule has 2 rings (SSSR count). The minimum atomic E-state index is 0.270. The van der Waals surface area contributed by atoms with Crippen molar-refractivity contribution in [1.29, 1.82) is 0 Å². The molecule has 0 aliphatic rings. The molecule has 0 radical (unpaired) electrons. The van der Waals surface area contributed by atoms with Crippen LogP contribution < -0.4 is 16.6 Å². The van der Waals surface area contributed by atoms with E-state index < -0.39 is 0 Å². The van der Waals surface area contributed by atoms with Gasteiger partial charge in [-0.05, 0) is 18.6 Å². The number of rotatable bonds is 3.